The molecule has 11 heteroatoms. The molecule has 0 fully saturated rings. The standard InChI is InChI=1S/2In.H3O4P.O3P/c;;1-5(2,3)4;1-4(2)3/h;;(H3,1,2,3,4);/q2*+3;;-3/p-3. The third-order valence-electron chi connectivity index (χ3n) is 0. The van der Waals surface area contributed by atoms with Gasteiger partial charge in [0, 0.05) is 0 Å². The minimum atomic E-state index is -5.39. The largest absolute Gasteiger partial charge is 3.00 e. The Kier molecular flexibility index (Phi) is 25.6. The first-order valence-corrected chi connectivity index (χ1v) is 3.83. The van der Waals surface area contributed by atoms with Gasteiger partial charge in [0.2, 0.25) is 0 Å². The molecule has 11 heavy (non-hydrogen) atoms. The van der Waals surface area contributed by atoms with Gasteiger partial charge in [-0.05, 0) is 0 Å². The molecule has 0 atom stereocenters. The molecule has 0 aromatic heterocycles. The van der Waals surface area contributed by atoms with Crippen molar-refractivity contribution in [2.45, 2.75) is 0 Å². The van der Waals surface area contributed by atoms with Crippen LogP contribution in [0.25, 0.3) is 0 Å². The fraction of sp³-hybridized carbons (Fsp3) is 0. The van der Waals surface area contributed by atoms with E-state index in [1.807, 2.05) is 0 Å². The predicted octanol–water partition coefficient (Wildman–Crippen LogP) is -6.29. The predicted molar refractivity (Wildman–Crippen MR) is 26.0 cm³/mol. The van der Waals surface area contributed by atoms with E-state index in [0.717, 1.165) is 0 Å². The van der Waals surface area contributed by atoms with Gasteiger partial charge in [-0.3, -0.25) is 0 Å². The number of hydrogen-bond acceptors (Lipinski definition) is 7. The summed E-state index contributed by atoms with van der Waals surface area (Å²) in [7, 11) is -8.76. The number of rotatable bonds is 0. The molecule has 0 N–H and O–H groups in total. The normalized spacial score (nSPS) is 8.64. The Morgan fingerprint density at radius 1 is 0.909 bits per heavy atom. The molecular formula is In2O7P2. The molecule has 0 heterocycles. The van der Waals surface area contributed by atoms with Crippen molar-refractivity contribution < 1.29 is 33.9 Å². The molecule has 0 radical (unpaired) electrons. The molecular weight excluding hydrogens is 404 g/mol. The summed E-state index contributed by atoms with van der Waals surface area (Å²) in [5.74, 6) is 0. The maximum Gasteiger partial charge on any atom is 3.00 e. The first kappa shape index (κ1) is 23.2. The van der Waals surface area contributed by atoms with Gasteiger partial charge >= 0.3 is 51.7 Å². The van der Waals surface area contributed by atoms with Gasteiger partial charge in [-0.25, -0.2) is 0 Å². The number of phosphoric acid groups is 1. The molecule has 0 amide bonds. The fourth-order valence-corrected chi connectivity index (χ4v) is 0. The monoisotopic (exact) mass is 404 g/mol. The molecule has 0 aliphatic heterocycles. The van der Waals surface area contributed by atoms with Crippen LogP contribution in [0.4, 0.5) is 0 Å². The molecule has 0 saturated heterocycles. The summed E-state index contributed by atoms with van der Waals surface area (Å²) >= 11 is 0. The first-order chi connectivity index (χ1) is 3.73. The van der Waals surface area contributed by atoms with Crippen LogP contribution < -0.4 is 29.4 Å². The van der Waals surface area contributed by atoms with Crippen LogP contribution in [0.3, 0.4) is 0 Å². The Balaban J connectivity index is -0.0000000383. The third kappa shape index (κ3) is 269. The van der Waals surface area contributed by atoms with Gasteiger partial charge in [0.05, 0.1) is 0 Å². The molecule has 0 spiro atoms. The van der Waals surface area contributed by atoms with Crippen LogP contribution in [-0.2, 0) is 4.57 Å². The molecule has 58 valence electrons. The van der Waals surface area contributed by atoms with Gasteiger partial charge in [0.15, 0.2) is 0 Å². The van der Waals surface area contributed by atoms with Gasteiger partial charge < -0.3 is 42.5 Å². The van der Waals surface area contributed by atoms with E-state index in [1.54, 1.807) is 0 Å². The zero-order valence-electron chi connectivity index (χ0n) is 4.91. The first-order valence-electron chi connectivity index (χ1n) is 1.28. The van der Waals surface area contributed by atoms with Gasteiger partial charge in [-0.2, -0.15) is 7.82 Å². The van der Waals surface area contributed by atoms with Crippen molar-refractivity contribution in [2.75, 3.05) is 0 Å². The second kappa shape index (κ2) is 12.2. The molecule has 0 rings (SSSR count). The van der Waals surface area contributed by atoms with Crippen molar-refractivity contribution in [2.24, 2.45) is 0 Å². The fourth-order valence-electron chi connectivity index (χ4n) is 0. The van der Waals surface area contributed by atoms with Crippen LogP contribution in [0.15, 0.2) is 0 Å². The van der Waals surface area contributed by atoms with Crippen LogP contribution in [0.1, 0.15) is 0 Å². The van der Waals surface area contributed by atoms with Crippen LogP contribution >= 0.6 is 16.4 Å². The van der Waals surface area contributed by atoms with Gasteiger partial charge in [-0.15, -0.1) is 0 Å². The van der Waals surface area contributed by atoms with Crippen molar-refractivity contribution in [1.82, 2.24) is 0 Å². The second-order valence-electron chi connectivity index (χ2n) is 0.671. The minimum absolute atomic E-state index is 0. The summed E-state index contributed by atoms with van der Waals surface area (Å²) in [5, 5.41) is 0. The molecule has 0 aliphatic rings. The zero-order valence-corrected chi connectivity index (χ0v) is 13.3. The maximum atomic E-state index is 8.55. The van der Waals surface area contributed by atoms with Crippen molar-refractivity contribution >= 4 is 68.1 Å². The van der Waals surface area contributed by atoms with E-state index in [9.17, 15) is 0 Å². The Hall–Kier alpha value is 2.16. The minimum Gasteiger partial charge on any atom is -0.854 e. The van der Waals surface area contributed by atoms with Crippen molar-refractivity contribution in [3.8, 4) is 0 Å². The van der Waals surface area contributed by atoms with Crippen LogP contribution in [-0.4, -0.2) is 51.7 Å². The zero-order chi connectivity index (χ0) is 8.08. The van der Waals surface area contributed by atoms with E-state index in [4.69, 9.17) is 33.9 Å². The van der Waals surface area contributed by atoms with Crippen LogP contribution in [0.2, 0.25) is 0 Å². The average molecular weight is 404 g/mol. The van der Waals surface area contributed by atoms with Crippen molar-refractivity contribution in [3.63, 3.8) is 0 Å². The van der Waals surface area contributed by atoms with Crippen LogP contribution in [0.5, 0.6) is 0 Å². The molecule has 0 bridgehead atoms. The number of hydrogen-bond donors (Lipinski definition) is 0. The van der Waals surface area contributed by atoms with Crippen LogP contribution in [0, 0.1) is 0 Å². The Morgan fingerprint density at radius 2 is 0.909 bits per heavy atom. The van der Waals surface area contributed by atoms with E-state index in [1.165, 1.54) is 0 Å². The van der Waals surface area contributed by atoms with E-state index in [-0.39, 0.29) is 51.7 Å². The summed E-state index contributed by atoms with van der Waals surface area (Å²) in [4.78, 5) is 51.1. The summed E-state index contributed by atoms with van der Waals surface area (Å²) < 4.78 is 8.55. The molecule has 7 nitrogen and oxygen atoms in total. The third-order valence-corrected chi connectivity index (χ3v) is 0. The molecule has 0 saturated carbocycles. The maximum absolute atomic E-state index is 8.55. The second-order valence-corrected chi connectivity index (χ2v) is 2.01. The summed E-state index contributed by atoms with van der Waals surface area (Å²) in [6, 6.07) is 0. The van der Waals surface area contributed by atoms with Crippen molar-refractivity contribution in [1.29, 1.82) is 0 Å². The topological polar surface area (TPSA) is 155 Å². The molecule has 0 aromatic rings. The van der Waals surface area contributed by atoms with E-state index >= 15 is 0 Å². The van der Waals surface area contributed by atoms with Crippen molar-refractivity contribution in [3.05, 3.63) is 0 Å². The summed E-state index contributed by atoms with van der Waals surface area (Å²) in [6.07, 6.45) is 0. The quantitative estimate of drug-likeness (QED) is 0.364. The van der Waals surface area contributed by atoms with E-state index in [2.05, 4.69) is 0 Å². The molecule has 0 aliphatic carbocycles. The Labute approximate surface area is 101 Å². The Bertz CT molecular complexity index is 85.6. The SMILES string of the molecule is O=P([O-])([O-])[O-].[In+3].[In+3].[O-]P([O-])[O-]. The smallest absolute Gasteiger partial charge is 0.854 e. The molecule has 0 unspecified atom stereocenters. The average Bonchev–Trinajstić information content (AvgIpc) is 1.19. The van der Waals surface area contributed by atoms with Gasteiger partial charge in [0.25, 0.3) is 0 Å². The molecule has 0 aromatic carbocycles. The van der Waals surface area contributed by atoms with E-state index < -0.39 is 16.4 Å². The van der Waals surface area contributed by atoms with Gasteiger partial charge in [0.1, 0.15) is 0 Å². The summed E-state index contributed by atoms with van der Waals surface area (Å²) in [5.41, 5.74) is 0. The van der Waals surface area contributed by atoms with Gasteiger partial charge in [-0.1, -0.05) is 0 Å². The summed E-state index contributed by atoms with van der Waals surface area (Å²) in [6.45, 7) is 0. The Morgan fingerprint density at radius 3 is 0.909 bits per heavy atom. The van der Waals surface area contributed by atoms with E-state index in [0.29, 0.717) is 0 Å².